The molecule has 3 nitrogen and oxygen atoms in total. The molecule has 0 amide bonds. The van der Waals surface area contributed by atoms with E-state index in [1.165, 1.54) is 32.9 Å². The third-order valence-electron chi connectivity index (χ3n) is 4.46. The molecule has 2 unspecified atom stereocenters. The molecule has 1 N–H and O–H groups in total. The molecule has 0 bridgehead atoms. The maximum atomic E-state index is 5.34. The van der Waals surface area contributed by atoms with Crippen LogP contribution in [-0.4, -0.2) is 30.4 Å². The minimum atomic E-state index is 0.440. The zero-order chi connectivity index (χ0) is 13.8. The van der Waals surface area contributed by atoms with Gasteiger partial charge in [0.05, 0.1) is 25.4 Å². The zero-order valence-corrected chi connectivity index (χ0v) is 11.8. The van der Waals surface area contributed by atoms with E-state index in [2.05, 4.69) is 41.4 Å². The Labute approximate surface area is 122 Å². The highest BCUT2D eigenvalue weighted by atomic mass is 16.6. The lowest BCUT2D eigenvalue weighted by Crippen LogP contribution is -1.92. The molecule has 2 fully saturated rings. The lowest BCUT2D eigenvalue weighted by molar-refractivity contribution is 0.407. The van der Waals surface area contributed by atoms with Gasteiger partial charge in [0.15, 0.2) is 0 Å². The van der Waals surface area contributed by atoms with Crippen molar-refractivity contribution in [1.29, 1.82) is 0 Å². The fraction of sp³-hybridized carbons (Fsp3) is 0.333. The molecular weight excluding hydrogens is 262 g/mol. The van der Waals surface area contributed by atoms with E-state index < -0.39 is 0 Å². The summed E-state index contributed by atoms with van der Waals surface area (Å²) in [6, 6.07) is 13.4. The number of nitrogens with one attached hydrogen (secondary N) is 1. The van der Waals surface area contributed by atoms with Crippen molar-refractivity contribution >= 4 is 21.8 Å². The highest BCUT2D eigenvalue weighted by Crippen LogP contribution is 2.29. The monoisotopic (exact) mass is 279 g/mol. The topological polar surface area (TPSA) is 40.9 Å². The summed E-state index contributed by atoms with van der Waals surface area (Å²) < 4.78 is 10.7. The molecule has 1 aromatic heterocycles. The number of fused-ring (bicyclic) bond motifs is 3. The SMILES string of the molecule is c1cc2[nH]c3ccc(CC4CO4)cc3c2cc1CC1CO1. The lowest BCUT2D eigenvalue weighted by Gasteiger charge is -2.00. The second-order valence-electron chi connectivity index (χ2n) is 6.20. The molecule has 0 saturated carbocycles. The highest BCUT2D eigenvalue weighted by Gasteiger charge is 2.23. The van der Waals surface area contributed by atoms with E-state index >= 15 is 0 Å². The summed E-state index contributed by atoms with van der Waals surface area (Å²) in [6.45, 7) is 1.83. The maximum Gasteiger partial charge on any atom is 0.0850 e. The van der Waals surface area contributed by atoms with Crippen molar-refractivity contribution in [3.63, 3.8) is 0 Å². The van der Waals surface area contributed by atoms with Gasteiger partial charge in [0, 0.05) is 34.6 Å². The van der Waals surface area contributed by atoms with Crippen LogP contribution in [-0.2, 0) is 22.3 Å². The standard InChI is InChI=1S/C18H17NO2/c1-3-17-15(7-11(1)5-13-9-20-13)16-8-12(6-14-10-21-14)2-4-18(16)19-17/h1-4,7-8,13-14,19H,5-6,9-10H2. The molecule has 2 aliphatic rings. The summed E-state index contributed by atoms with van der Waals surface area (Å²) in [5.74, 6) is 0. The molecule has 3 heteroatoms. The Balaban J connectivity index is 1.61. The minimum Gasteiger partial charge on any atom is -0.373 e. The summed E-state index contributed by atoms with van der Waals surface area (Å²) in [5, 5.41) is 2.64. The summed E-state index contributed by atoms with van der Waals surface area (Å²) in [4.78, 5) is 3.51. The van der Waals surface area contributed by atoms with Gasteiger partial charge in [0.2, 0.25) is 0 Å². The summed E-state index contributed by atoms with van der Waals surface area (Å²) in [5.41, 5.74) is 5.15. The molecule has 2 atom stereocenters. The van der Waals surface area contributed by atoms with E-state index in [1.807, 2.05) is 0 Å². The molecule has 3 aromatic rings. The number of ether oxygens (including phenoxy) is 2. The van der Waals surface area contributed by atoms with Gasteiger partial charge in [-0.15, -0.1) is 0 Å². The Morgan fingerprint density at radius 3 is 1.71 bits per heavy atom. The average Bonchev–Trinajstić information content (AvgIpc) is 3.40. The Hall–Kier alpha value is -1.84. The van der Waals surface area contributed by atoms with Crippen molar-refractivity contribution in [2.75, 3.05) is 13.2 Å². The quantitative estimate of drug-likeness (QED) is 0.745. The van der Waals surface area contributed by atoms with E-state index in [4.69, 9.17) is 9.47 Å². The normalized spacial score (nSPS) is 23.8. The maximum absolute atomic E-state index is 5.34. The number of benzene rings is 2. The van der Waals surface area contributed by atoms with E-state index in [0.717, 1.165) is 26.1 Å². The van der Waals surface area contributed by atoms with Crippen molar-refractivity contribution in [2.24, 2.45) is 0 Å². The number of hydrogen-bond donors (Lipinski definition) is 1. The van der Waals surface area contributed by atoms with Gasteiger partial charge in [-0.25, -0.2) is 0 Å². The van der Waals surface area contributed by atoms with Gasteiger partial charge in [-0.1, -0.05) is 12.1 Å². The predicted molar refractivity (Wildman–Crippen MR) is 82.7 cm³/mol. The van der Waals surface area contributed by atoms with Gasteiger partial charge in [0.1, 0.15) is 0 Å². The van der Waals surface area contributed by atoms with Gasteiger partial charge in [0.25, 0.3) is 0 Å². The zero-order valence-electron chi connectivity index (χ0n) is 11.8. The molecule has 106 valence electrons. The van der Waals surface area contributed by atoms with Crippen LogP contribution in [0.2, 0.25) is 0 Å². The molecular formula is C18H17NO2. The van der Waals surface area contributed by atoms with E-state index in [1.54, 1.807) is 0 Å². The third kappa shape index (κ3) is 2.23. The van der Waals surface area contributed by atoms with Crippen LogP contribution < -0.4 is 0 Å². The van der Waals surface area contributed by atoms with Crippen molar-refractivity contribution in [3.05, 3.63) is 47.5 Å². The van der Waals surface area contributed by atoms with Crippen LogP contribution in [0.15, 0.2) is 36.4 Å². The summed E-state index contributed by atoms with van der Waals surface area (Å²) >= 11 is 0. The first-order valence-corrected chi connectivity index (χ1v) is 7.61. The van der Waals surface area contributed by atoms with E-state index in [-0.39, 0.29) is 0 Å². The number of rotatable bonds is 4. The molecule has 3 heterocycles. The molecule has 2 aromatic carbocycles. The van der Waals surface area contributed by atoms with Crippen LogP contribution in [0.3, 0.4) is 0 Å². The van der Waals surface area contributed by atoms with Crippen LogP contribution >= 0.6 is 0 Å². The van der Waals surface area contributed by atoms with Gasteiger partial charge >= 0.3 is 0 Å². The van der Waals surface area contributed by atoms with Crippen LogP contribution in [0.4, 0.5) is 0 Å². The molecule has 21 heavy (non-hydrogen) atoms. The first kappa shape index (κ1) is 11.8. The van der Waals surface area contributed by atoms with Crippen molar-refractivity contribution in [1.82, 2.24) is 4.98 Å². The number of aromatic nitrogens is 1. The minimum absolute atomic E-state index is 0.440. The molecule has 0 spiro atoms. The van der Waals surface area contributed by atoms with Crippen LogP contribution in [0.5, 0.6) is 0 Å². The molecule has 0 aliphatic carbocycles. The summed E-state index contributed by atoms with van der Waals surface area (Å²) in [7, 11) is 0. The lowest BCUT2D eigenvalue weighted by atomic mass is 10.0. The number of H-pyrrole nitrogens is 1. The van der Waals surface area contributed by atoms with Crippen LogP contribution in [0.25, 0.3) is 21.8 Å². The van der Waals surface area contributed by atoms with Gasteiger partial charge in [-0.3, -0.25) is 0 Å². The van der Waals surface area contributed by atoms with Crippen molar-refractivity contribution in [2.45, 2.75) is 25.0 Å². The number of hydrogen-bond acceptors (Lipinski definition) is 2. The second kappa shape index (κ2) is 4.33. The first-order chi connectivity index (χ1) is 10.3. The van der Waals surface area contributed by atoms with Gasteiger partial charge in [-0.05, 0) is 35.4 Å². The van der Waals surface area contributed by atoms with Crippen molar-refractivity contribution in [3.8, 4) is 0 Å². The van der Waals surface area contributed by atoms with Crippen LogP contribution in [0.1, 0.15) is 11.1 Å². The molecule has 5 rings (SSSR count). The average molecular weight is 279 g/mol. The number of epoxide rings is 2. The Bertz CT molecular complexity index is 759. The second-order valence-corrected chi connectivity index (χ2v) is 6.20. The third-order valence-corrected chi connectivity index (χ3v) is 4.46. The molecule has 2 saturated heterocycles. The smallest absolute Gasteiger partial charge is 0.0850 e. The van der Waals surface area contributed by atoms with E-state index in [0.29, 0.717) is 12.2 Å². The largest absolute Gasteiger partial charge is 0.373 e. The first-order valence-electron chi connectivity index (χ1n) is 7.61. The van der Waals surface area contributed by atoms with E-state index in [9.17, 15) is 0 Å². The van der Waals surface area contributed by atoms with Crippen LogP contribution in [0, 0.1) is 0 Å². The van der Waals surface area contributed by atoms with Gasteiger partial charge < -0.3 is 14.5 Å². The fourth-order valence-corrected chi connectivity index (χ4v) is 3.14. The molecule has 2 aliphatic heterocycles. The fourth-order valence-electron chi connectivity index (χ4n) is 3.14. The van der Waals surface area contributed by atoms with Crippen molar-refractivity contribution < 1.29 is 9.47 Å². The Morgan fingerprint density at radius 1 is 0.810 bits per heavy atom. The Morgan fingerprint density at radius 2 is 1.29 bits per heavy atom. The predicted octanol–water partition coefficient (Wildman–Crippen LogP) is 3.20. The van der Waals surface area contributed by atoms with Gasteiger partial charge in [-0.2, -0.15) is 0 Å². The molecule has 0 radical (unpaired) electrons. The number of aromatic amines is 1. The summed E-state index contributed by atoms with van der Waals surface area (Å²) in [6.07, 6.45) is 2.93. The highest BCUT2D eigenvalue weighted by molar-refractivity contribution is 6.07. The Kier molecular flexibility index (Phi) is 2.43.